The first-order valence-electron chi connectivity index (χ1n) is 5.86. The van der Waals surface area contributed by atoms with E-state index in [4.69, 9.17) is 5.73 Å². The van der Waals surface area contributed by atoms with Crippen LogP contribution in [0.4, 0.5) is 5.82 Å². The van der Waals surface area contributed by atoms with Crippen LogP contribution in [0.2, 0.25) is 0 Å². The van der Waals surface area contributed by atoms with Gasteiger partial charge in [0.2, 0.25) is 0 Å². The molecule has 2 aromatic rings. The molecule has 2 N–H and O–H groups in total. The van der Waals surface area contributed by atoms with E-state index >= 15 is 0 Å². The average Bonchev–Trinajstić information content (AvgIpc) is 2.46. The van der Waals surface area contributed by atoms with E-state index in [1.807, 2.05) is 25.1 Å². The normalized spacial score (nSPS) is 11.9. The van der Waals surface area contributed by atoms with Crippen LogP contribution in [0.3, 0.4) is 0 Å². The van der Waals surface area contributed by atoms with Crippen molar-refractivity contribution in [2.45, 2.75) is 13.0 Å². The summed E-state index contributed by atoms with van der Waals surface area (Å²) >= 11 is 0. The first-order valence-corrected chi connectivity index (χ1v) is 5.86. The number of carbonyl (C=O) groups excluding carboxylic acids is 1. The van der Waals surface area contributed by atoms with E-state index in [0.29, 0.717) is 0 Å². The second kappa shape index (κ2) is 5.43. The van der Waals surface area contributed by atoms with Gasteiger partial charge in [0, 0.05) is 25.6 Å². The third-order valence-corrected chi connectivity index (χ3v) is 2.95. The summed E-state index contributed by atoms with van der Waals surface area (Å²) < 4.78 is 0. The van der Waals surface area contributed by atoms with Crippen molar-refractivity contribution < 1.29 is 4.79 Å². The van der Waals surface area contributed by atoms with Crippen molar-refractivity contribution in [2.24, 2.45) is 0 Å². The fourth-order valence-corrected chi connectivity index (χ4v) is 1.68. The molecule has 6 nitrogen and oxygen atoms in total. The maximum absolute atomic E-state index is 12.3. The Bertz CT molecular complexity index is 572. The maximum Gasteiger partial charge on any atom is 0.276 e. The molecule has 1 unspecified atom stereocenters. The Kier molecular flexibility index (Phi) is 3.70. The van der Waals surface area contributed by atoms with Gasteiger partial charge in [-0.05, 0) is 19.1 Å². The van der Waals surface area contributed by atoms with Crippen molar-refractivity contribution in [3.63, 3.8) is 0 Å². The molecule has 6 heteroatoms. The molecule has 1 amide bonds. The summed E-state index contributed by atoms with van der Waals surface area (Å²) in [6, 6.07) is 5.41. The van der Waals surface area contributed by atoms with Gasteiger partial charge in [-0.1, -0.05) is 6.07 Å². The van der Waals surface area contributed by atoms with E-state index < -0.39 is 0 Å². The van der Waals surface area contributed by atoms with Crippen LogP contribution in [0.1, 0.15) is 29.1 Å². The van der Waals surface area contributed by atoms with Gasteiger partial charge < -0.3 is 10.6 Å². The lowest BCUT2D eigenvalue weighted by molar-refractivity contribution is 0.0734. The highest BCUT2D eigenvalue weighted by molar-refractivity contribution is 5.96. The van der Waals surface area contributed by atoms with Gasteiger partial charge in [-0.15, -0.1) is 0 Å². The fourth-order valence-electron chi connectivity index (χ4n) is 1.68. The van der Waals surface area contributed by atoms with Crippen molar-refractivity contribution in [3.05, 3.63) is 48.2 Å². The monoisotopic (exact) mass is 257 g/mol. The molecule has 0 saturated carbocycles. The number of pyridine rings is 1. The Balaban J connectivity index is 2.23. The van der Waals surface area contributed by atoms with Crippen molar-refractivity contribution in [2.75, 3.05) is 12.8 Å². The Morgan fingerprint density at radius 2 is 1.95 bits per heavy atom. The quantitative estimate of drug-likeness (QED) is 0.895. The fraction of sp³-hybridized carbons (Fsp3) is 0.231. The zero-order valence-corrected chi connectivity index (χ0v) is 10.8. The van der Waals surface area contributed by atoms with Crippen molar-refractivity contribution in [1.82, 2.24) is 19.9 Å². The first kappa shape index (κ1) is 12.9. The third kappa shape index (κ3) is 2.67. The summed E-state index contributed by atoms with van der Waals surface area (Å²) in [5.41, 5.74) is 6.63. The summed E-state index contributed by atoms with van der Waals surface area (Å²) in [7, 11) is 1.69. The second-order valence-electron chi connectivity index (χ2n) is 4.14. The maximum atomic E-state index is 12.3. The van der Waals surface area contributed by atoms with Crippen LogP contribution >= 0.6 is 0 Å². The average molecular weight is 257 g/mol. The topological polar surface area (TPSA) is 85.0 Å². The van der Waals surface area contributed by atoms with E-state index in [2.05, 4.69) is 15.0 Å². The molecule has 1 atom stereocenters. The minimum atomic E-state index is -0.274. The molecule has 2 aromatic heterocycles. The van der Waals surface area contributed by atoms with Gasteiger partial charge in [0.05, 0.1) is 11.7 Å². The number of aromatic nitrogens is 3. The zero-order chi connectivity index (χ0) is 13.8. The Labute approximate surface area is 111 Å². The molecule has 98 valence electrons. The molecule has 19 heavy (non-hydrogen) atoms. The lowest BCUT2D eigenvalue weighted by Crippen LogP contribution is -2.31. The van der Waals surface area contributed by atoms with Crippen molar-refractivity contribution >= 4 is 11.7 Å². The summed E-state index contributed by atoms with van der Waals surface area (Å²) in [6.07, 6.45) is 4.60. The van der Waals surface area contributed by atoms with Crippen LogP contribution in [0, 0.1) is 0 Å². The van der Waals surface area contributed by atoms with Crippen LogP contribution in [-0.4, -0.2) is 32.8 Å². The molecule has 0 aliphatic carbocycles. The van der Waals surface area contributed by atoms with E-state index in [1.165, 1.54) is 12.4 Å². The van der Waals surface area contributed by atoms with Gasteiger partial charge in [-0.2, -0.15) is 0 Å². The summed E-state index contributed by atoms with van der Waals surface area (Å²) in [5, 5.41) is 0. The standard InChI is InChI=1S/C13H15N5O/c1-9(10-5-3-4-6-15-10)18(2)13(19)11-12(14)17-8-7-16-11/h3-9H,1-2H3,(H2,14,17). The van der Waals surface area contributed by atoms with E-state index in [9.17, 15) is 4.79 Å². The molecule has 0 aliphatic heterocycles. The van der Waals surface area contributed by atoms with E-state index in [1.54, 1.807) is 18.1 Å². The summed E-state index contributed by atoms with van der Waals surface area (Å²) in [4.78, 5) is 25.9. The van der Waals surface area contributed by atoms with Crippen LogP contribution in [0.15, 0.2) is 36.8 Å². The Morgan fingerprint density at radius 1 is 1.21 bits per heavy atom. The number of carbonyl (C=O) groups is 1. The molecule has 2 heterocycles. The SMILES string of the molecule is CC(c1ccccn1)N(C)C(=O)c1nccnc1N. The molecule has 0 saturated heterocycles. The molecule has 0 bridgehead atoms. The predicted octanol–water partition coefficient (Wildman–Crippen LogP) is 1.29. The number of amides is 1. The summed E-state index contributed by atoms with van der Waals surface area (Å²) in [5.74, 6) is -0.142. The number of anilines is 1. The number of hydrogen-bond acceptors (Lipinski definition) is 5. The minimum absolute atomic E-state index is 0.132. The molecule has 0 spiro atoms. The minimum Gasteiger partial charge on any atom is -0.382 e. The highest BCUT2D eigenvalue weighted by Crippen LogP contribution is 2.19. The second-order valence-corrected chi connectivity index (χ2v) is 4.14. The highest BCUT2D eigenvalue weighted by Gasteiger charge is 2.22. The van der Waals surface area contributed by atoms with Gasteiger partial charge >= 0.3 is 0 Å². The number of rotatable bonds is 3. The van der Waals surface area contributed by atoms with Gasteiger partial charge in [0.1, 0.15) is 0 Å². The largest absolute Gasteiger partial charge is 0.382 e. The molecular weight excluding hydrogens is 242 g/mol. The Morgan fingerprint density at radius 3 is 2.58 bits per heavy atom. The lowest BCUT2D eigenvalue weighted by Gasteiger charge is -2.24. The van der Waals surface area contributed by atoms with E-state index in [0.717, 1.165) is 5.69 Å². The molecule has 2 rings (SSSR count). The molecule has 0 aromatic carbocycles. The van der Waals surface area contributed by atoms with Gasteiger partial charge in [0.15, 0.2) is 11.5 Å². The van der Waals surface area contributed by atoms with Gasteiger partial charge in [-0.25, -0.2) is 9.97 Å². The van der Waals surface area contributed by atoms with Crippen LogP contribution in [0.25, 0.3) is 0 Å². The number of nitrogens with zero attached hydrogens (tertiary/aromatic N) is 4. The van der Waals surface area contributed by atoms with Gasteiger partial charge in [0.25, 0.3) is 5.91 Å². The Hall–Kier alpha value is -2.50. The van der Waals surface area contributed by atoms with Crippen molar-refractivity contribution in [3.8, 4) is 0 Å². The molecular formula is C13H15N5O. The summed E-state index contributed by atoms with van der Waals surface area (Å²) in [6.45, 7) is 1.90. The van der Waals surface area contributed by atoms with Crippen molar-refractivity contribution in [1.29, 1.82) is 0 Å². The zero-order valence-electron chi connectivity index (χ0n) is 10.8. The van der Waals surface area contributed by atoms with Gasteiger partial charge in [-0.3, -0.25) is 9.78 Å². The van der Waals surface area contributed by atoms with E-state index in [-0.39, 0.29) is 23.5 Å². The molecule has 0 fully saturated rings. The van der Waals surface area contributed by atoms with Crippen LogP contribution in [-0.2, 0) is 0 Å². The number of nitrogens with two attached hydrogens (primary N) is 1. The number of nitrogen functional groups attached to an aromatic ring is 1. The predicted molar refractivity (Wildman–Crippen MR) is 71.2 cm³/mol. The number of hydrogen-bond donors (Lipinski definition) is 1. The van der Waals surface area contributed by atoms with Crippen LogP contribution < -0.4 is 5.73 Å². The highest BCUT2D eigenvalue weighted by atomic mass is 16.2. The lowest BCUT2D eigenvalue weighted by atomic mass is 10.2. The smallest absolute Gasteiger partial charge is 0.276 e. The molecule has 0 radical (unpaired) electrons. The van der Waals surface area contributed by atoms with Crippen LogP contribution in [0.5, 0.6) is 0 Å². The first-order chi connectivity index (χ1) is 9.11. The molecule has 0 aliphatic rings. The third-order valence-electron chi connectivity index (χ3n) is 2.95.